The summed E-state index contributed by atoms with van der Waals surface area (Å²) in [5.41, 5.74) is 9.01. The van der Waals surface area contributed by atoms with E-state index in [0.717, 1.165) is 35.4 Å². The Morgan fingerprint density at radius 1 is 1.20 bits per heavy atom. The van der Waals surface area contributed by atoms with Crippen molar-refractivity contribution in [2.45, 2.75) is 44.1 Å². The molecule has 2 N–H and O–H groups in total. The molecule has 1 aromatic heterocycles. The van der Waals surface area contributed by atoms with Gasteiger partial charge in [-0.1, -0.05) is 12.1 Å². The van der Waals surface area contributed by atoms with E-state index in [1.807, 2.05) is 6.07 Å². The average molecular weight is 288 g/mol. The molecule has 4 heteroatoms. The van der Waals surface area contributed by atoms with Crippen molar-refractivity contribution in [1.82, 2.24) is 4.98 Å². The highest BCUT2D eigenvalue weighted by molar-refractivity contribution is 7.12. The van der Waals surface area contributed by atoms with Gasteiger partial charge >= 0.3 is 0 Å². The van der Waals surface area contributed by atoms with Crippen molar-refractivity contribution in [2.75, 3.05) is 0 Å². The fourth-order valence-corrected chi connectivity index (χ4v) is 4.75. The fraction of sp³-hybridized carbons (Fsp3) is 0.438. The fourth-order valence-electron chi connectivity index (χ4n) is 3.45. The number of aromatic nitrogens is 1. The lowest BCUT2D eigenvalue weighted by Crippen LogP contribution is -2.35. The lowest BCUT2D eigenvalue weighted by Gasteiger charge is -2.22. The van der Waals surface area contributed by atoms with Crippen LogP contribution in [0.3, 0.4) is 0 Å². The van der Waals surface area contributed by atoms with Crippen LogP contribution in [0, 0.1) is 5.82 Å². The van der Waals surface area contributed by atoms with Crippen molar-refractivity contribution in [3.05, 3.63) is 50.7 Å². The molecule has 2 aliphatic carbocycles. The summed E-state index contributed by atoms with van der Waals surface area (Å²) in [5, 5.41) is 0.980. The van der Waals surface area contributed by atoms with Gasteiger partial charge in [0, 0.05) is 4.88 Å². The Balaban J connectivity index is 1.83. The number of aryl methyl sites for hydroxylation is 2. The maximum atomic E-state index is 13.9. The Kier molecular flexibility index (Phi) is 2.72. The van der Waals surface area contributed by atoms with Crippen molar-refractivity contribution < 1.29 is 4.39 Å². The molecule has 1 unspecified atom stereocenters. The number of fused-ring (bicyclic) bond motifs is 2. The summed E-state index contributed by atoms with van der Waals surface area (Å²) < 4.78 is 13.9. The largest absolute Gasteiger partial charge is 0.316 e. The molecule has 0 saturated heterocycles. The van der Waals surface area contributed by atoms with Gasteiger partial charge in [-0.3, -0.25) is 0 Å². The Morgan fingerprint density at radius 2 is 2.05 bits per heavy atom. The molecule has 2 nitrogen and oxygen atoms in total. The summed E-state index contributed by atoms with van der Waals surface area (Å²) in [6.07, 6.45) is 6.13. The van der Waals surface area contributed by atoms with Gasteiger partial charge in [0.1, 0.15) is 10.8 Å². The lowest BCUT2D eigenvalue weighted by molar-refractivity contribution is 0.528. The number of nitrogens with two attached hydrogens (primary N) is 1. The molecule has 104 valence electrons. The first-order valence-corrected chi connectivity index (χ1v) is 8.06. The summed E-state index contributed by atoms with van der Waals surface area (Å²) >= 11 is 1.74. The zero-order valence-corrected chi connectivity index (χ0v) is 12.1. The van der Waals surface area contributed by atoms with Crippen LogP contribution in [-0.2, 0) is 24.8 Å². The smallest absolute Gasteiger partial charge is 0.126 e. The lowest BCUT2D eigenvalue weighted by atomic mass is 9.93. The maximum absolute atomic E-state index is 13.9. The molecule has 0 aliphatic heterocycles. The molecule has 0 spiro atoms. The Morgan fingerprint density at radius 3 is 2.90 bits per heavy atom. The summed E-state index contributed by atoms with van der Waals surface area (Å²) in [6, 6.07) is 5.25. The molecule has 1 aromatic carbocycles. The van der Waals surface area contributed by atoms with E-state index >= 15 is 0 Å². The minimum Gasteiger partial charge on any atom is -0.316 e. The monoisotopic (exact) mass is 288 g/mol. The summed E-state index contributed by atoms with van der Waals surface area (Å²) in [5.74, 6) is -0.129. The van der Waals surface area contributed by atoms with Crippen molar-refractivity contribution in [3.8, 4) is 0 Å². The molecular formula is C16H17FN2S. The molecule has 0 radical (unpaired) electrons. The zero-order valence-electron chi connectivity index (χ0n) is 11.3. The molecule has 20 heavy (non-hydrogen) atoms. The summed E-state index contributed by atoms with van der Waals surface area (Å²) in [4.78, 5) is 6.19. The van der Waals surface area contributed by atoms with Crippen LogP contribution >= 0.6 is 11.3 Å². The SMILES string of the molecule is NC1(c2nc3c(s2)CCCC3)CCc2c(F)cccc21. The minimum absolute atomic E-state index is 0.129. The highest BCUT2D eigenvalue weighted by Gasteiger charge is 2.41. The van der Waals surface area contributed by atoms with Crippen LogP contribution in [0.2, 0.25) is 0 Å². The first-order chi connectivity index (χ1) is 9.68. The first kappa shape index (κ1) is 12.5. The molecule has 0 saturated carbocycles. The number of nitrogens with zero attached hydrogens (tertiary/aromatic N) is 1. The van der Waals surface area contributed by atoms with E-state index in [1.54, 1.807) is 17.4 Å². The molecule has 2 aromatic rings. The van der Waals surface area contributed by atoms with Crippen LogP contribution in [0.4, 0.5) is 4.39 Å². The van der Waals surface area contributed by atoms with Gasteiger partial charge in [-0.25, -0.2) is 9.37 Å². The minimum atomic E-state index is -0.584. The Hall–Kier alpha value is -1.26. The van der Waals surface area contributed by atoms with E-state index in [2.05, 4.69) is 0 Å². The van der Waals surface area contributed by atoms with Gasteiger partial charge in [0.25, 0.3) is 0 Å². The van der Waals surface area contributed by atoms with Gasteiger partial charge in [0.2, 0.25) is 0 Å². The van der Waals surface area contributed by atoms with Crippen LogP contribution in [-0.4, -0.2) is 4.98 Å². The van der Waals surface area contributed by atoms with Crippen LogP contribution in [0.5, 0.6) is 0 Å². The molecule has 2 aliphatic rings. The van der Waals surface area contributed by atoms with Crippen LogP contribution < -0.4 is 5.73 Å². The van der Waals surface area contributed by atoms with E-state index in [4.69, 9.17) is 10.7 Å². The second kappa shape index (κ2) is 4.37. The third-order valence-corrected chi connectivity index (χ3v) is 5.93. The number of benzene rings is 1. The van der Waals surface area contributed by atoms with Crippen LogP contribution in [0.25, 0.3) is 0 Å². The van der Waals surface area contributed by atoms with Gasteiger partial charge < -0.3 is 5.73 Å². The molecule has 0 bridgehead atoms. The van der Waals surface area contributed by atoms with Crippen molar-refractivity contribution >= 4 is 11.3 Å². The van der Waals surface area contributed by atoms with Crippen molar-refractivity contribution in [3.63, 3.8) is 0 Å². The molecule has 4 rings (SSSR count). The number of halogens is 1. The summed E-state index contributed by atoms with van der Waals surface area (Å²) in [7, 11) is 0. The number of rotatable bonds is 1. The van der Waals surface area contributed by atoms with Gasteiger partial charge in [-0.05, 0) is 55.7 Å². The molecule has 1 heterocycles. The maximum Gasteiger partial charge on any atom is 0.126 e. The molecular weight excluding hydrogens is 271 g/mol. The number of thiazole rings is 1. The van der Waals surface area contributed by atoms with E-state index in [-0.39, 0.29) is 5.82 Å². The Labute approximate surface area is 121 Å². The van der Waals surface area contributed by atoms with Crippen LogP contribution in [0.15, 0.2) is 18.2 Å². The van der Waals surface area contributed by atoms with E-state index in [9.17, 15) is 4.39 Å². The average Bonchev–Trinajstić information content (AvgIpc) is 3.03. The van der Waals surface area contributed by atoms with E-state index in [0.29, 0.717) is 6.42 Å². The second-order valence-electron chi connectivity index (χ2n) is 5.83. The van der Waals surface area contributed by atoms with Crippen LogP contribution in [0.1, 0.15) is 46.0 Å². The third-order valence-electron chi connectivity index (χ3n) is 4.60. The normalized spacial score (nSPS) is 24.5. The van der Waals surface area contributed by atoms with Crippen molar-refractivity contribution in [2.24, 2.45) is 5.73 Å². The van der Waals surface area contributed by atoms with Gasteiger partial charge in [0.15, 0.2) is 0 Å². The second-order valence-corrected chi connectivity index (χ2v) is 6.92. The predicted molar refractivity (Wildman–Crippen MR) is 78.4 cm³/mol. The quantitative estimate of drug-likeness (QED) is 0.874. The molecule has 1 atom stereocenters. The van der Waals surface area contributed by atoms with E-state index < -0.39 is 5.54 Å². The van der Waals surface area contributed by atoms with Crippen molar-refractivity contribution in [1.29, 1.82) is 0 Å². The highest BCUT2D eigenvalue weighted by Crippen LogP contribution is 2.43. The Bertz CT molecular complexity index is 656. The first-order valence-electron chi connectivity index (χ1n) is 7.24. The van der Waals surface area contributed by atoms with Gasteiger partial charge in [0.05, 0.1) is 11.2 Å². The standard InChI is InChI=1S/C16H17FN2S/c17-12-5-3-4-11-10(12)8-9-16(11,18)15-19-13-6-1-2-7-14(13)20-15/h3-5H,1-2,6-9,18H2. The predicted octanol–water partition coefficient (Wildman–Crippen LogP) is 3.31. The van der Waals surface area contributed by atoms with E-state index in [1.165, 1.54) is 29.5 Å². The van der Waals surface area contributed by atoms with Gasteiger partial charge in [-0.15, -0.1) is 11.3 Å². The molecule has 0 fully saturated rings. The topological polar surface area (TPSA) is 38.9 Å². The summed E-state index contributed by atoms with van der Waals surface area (Å²) in [6.45, 7) is 0. The number of hydrogen-bond donors (Lipinski definition) is 1. The zero-order chi connectivity index (χ0) is 13.7. The highest BCUT2D eigenvalue weighted by atomic mass is 32.1. The van der Waals surface area contributed by atoms with Gasteiger partial charge in [-0.2, -0.15) is 0 Å². The number of hydrogen-bond acceptors (Lipinski definition) is 3. The third kappa shape index (κ3) is 1.68. The molecule has 0 amide bonds.